The van der Waals surface area contributed by atoms with Crippen molar-refractivity contribution in [3.05, 3.63) is 120 Å². The summed E-state index contributed by atoms with van der Waals surface area (Å²) in [5, 5.41) is 4.45. The van der Waals surface area contributed by atoms with Gasteiger partial charge in [0, 0.05) is 24.6 Å². The molecule has 5 rings (SSSR count). The minimum atomic E-state index is -0.350. The Morgan fingerprint density at radius 1 is 0.833 bits per heavy atom. The van der Waals surface area contributed by atoms with Gasteiger partial charge in [-0.2, -0.15) is 5.10 Å². The van der Waals surface area contributed by atoms with Crippen molar-refractivity contribution in [3.63, 3.8) is 0 Å². The van der Waals surface area contributed by atoms with Crippen LogP contribution >= 0.6 is 0 Å². The molecule has 0 bridgehead atoms. The number of fused-ring (bicyclic) bond motifs is 1. The second-order valence-corrected chi connectivity index (χ2v) is 7.68. The van der Waals surface area contributed by atoms with Gasteiger partial charge in [-0.3, -0.25) is 9.48 Å². The number of amides is 1. The van der Waals surface area contributed by atoms with Crippen LogP contribution in [-0.2, 0) is 11.2 Å². The Balaban J connectivity index is 1.58. The van der Waals surface area contributed by atoms with E-state index in [1.54, 1.807) is 6.20 Å². The molecule has 0 saturated carbocycles. The predicted molar refractivity (Wildman–Crippen MR) is 118 cm³/mol. The van der Waals surface area contributed by atoms with Gasteiger partial charge < -0.3 is 4.90 Å². The van der Waals surface area contributed by atoms with Crippen molar-refractivity contribution in [3.8, 4) is 0 Å². The molecule has 0 fully saturated rings. The van der Waals surface area contributed by atoms with E-state index in [2.05, 4.69) is 17.2 Å². The molecule has 1 aromatic heterocycles. The minimum Gasteiger partial charge on any atom is -0.309 e. The molecule has 4 aromatic rings. The van der Waals surface area contributed by atoms with Crippen LogP contribution in [0.25, 0.3) is 0 Å². The van der Waals surface area contributed by atoms with E-state index in [1.807, 2.05) is 94.6 Å². The van der Waals surface area contributed by atoms with Crippen LogP contribution in [0.4, 0.5) is 5.69 Å². The Bertz CT molecular complexity index is 1080. The monoisotopic (exact) mass is 393 g/mol. The van der Waals surface area contributed by atoms with Crippen LogP contribution in [0.3, 0.4) is 0 Å². The normalized spacial score (nSPS) is 15.8. The van der Waals surface area contributed by atoms with Crippen molar-refractivity contribution in [2.45, 2.75) is 18.4 Å². The Hall–Kier alpha value is -3.66. The lowest BCUT2D eigenvalue weighted by Gasteiger charge is -2.37. The van der Waals surface area contributed by atoms with Crippen LogP contribution in [0.5, 0.6) is 0 Å². The fraction of sp³-hybridized carbons (Fsp3) is 0.154. The number of hydrogen-bond acceptors (Lipinski definition) is 2. The summed E-state index contributed by atoms with van der Waals surface area (Å²) in [7, 11) is 0. The fourth-order valence-corrected chi connectivity index (χ4v) is 4.38. The van der Waals surface area contributed by atoms with E-state index in [1.165, 1.54) is 5.56 Å². The molecular weight excluding hydrogens is 370 g/mol. The first kappa shape index (κ1) is 18.4. The third kappa shape index (κ3) is 3.41. The molecular formula is C26H23N3O. The summed E-state index contributed by atoms with van der Waals surface area (Å²) in [6, 6.07) is 30.4. The lowest BCUT2D eigenvalue weighted by atomic mass is 9.88. The first-order valence-electron chi connectivity index (χ1n) is 10.3. The Morgan fingerprint density at radius 2 is 1.47 bits per heavy atom. The first-order chi connectivity index (χ1) is 14.8. The van der Waals surface area contributed by atoms with E-state index in [0.717, 1.165) is 23.2 Å². The summed E-state index contributed by atoms with van der Waals surface area (Å²) in [5.74, 6) is -0.256. The number of para-hydroxylation sites is 1. The zero-order chi connectivity index (χ0) is 20.3. The molecule has 148 valence electrons. The molecule has 0 aliphatic carbocycles. The van der Waals surface area contributed by atoms with Gasteiger partial charge in [0.15, 0.2) is 0 Å². The maximum absolute atomic E-state index is 14.1. The van der Waals surface area contributed by atoms with Crippen molar-refractivity contribution in [2.24, 2.45) is 0 Å². The highest BCUT2D eigenvalue weighted by Crippen LogP contribution is 2.36. The molecule has 2 heterocycles. The molecule has 1 aliphatic heterocycles. The smallest absolute Gasteiger partial charge is 0.239 e. The van der Waals surface area contributed by atoms with Gasteiger partial charge in [-0.1, -0.05) is 78.9 Å². The Labute approximate surface area is 176 Å². The van der Waals surface area contributed by atoms with Gasteiger partial charge >= 0.3 is 0 Å². The summed E-state index contributed by atoms with van der Waals surface area (Å²) in [6.45, 7) is 0.605. The number of hydrogen-bond donors (Lipinski definition) is 0. The van der Waals surface area contributed by atoms with Gasteiger partial charge in [0.05, 0.1) is 12.0 Å². The molecule has 0 spiro atoms. The summed E-state index contributed by atoms with van der Waals surface area (Å²) in [6.07, 6.45) is 4.64. The molecule has 0 unspecified atom stereocenters. The molecule has 0 radical (unpaired) electrons. The standard InChI is InChI=1S/C26H23N3O/c30-26(25(20-10-3-1-4-11-20)21-12-5-2-6-13-21)28-19-23(29-17-9-16-27-29)18-22-14-7-8-15-24(22)28/h1-17,23,25H,18-19H2/t23-/m0/s1. The third-order valence-corrected chi connectivity index (χ3v) is 5.81. The molecule has 4 nitrogen and oxygen atoms in total. The number of carbonyl (C=O) groups is 1. The zero-order valence-electron chi connectivity index (χ0n) is 16.6. The highest BCUT2D eigenvalue weighted by Gasteiger charge is 2.34. The van der Waals surface area contributed by atoms with Crippen molar-refractivity contribution >= 4 is 11.6 Å². The quantitative estimate of drug-likeness (QED) is 0.497. The second kappa shape index (κ2) is 7.99. The van der Waals surface area contributed by atoms with E-state index < -0.39 is 0 Å². The molecule has 4 heteroatoms. The van der Waals surface area contributed by atoms with Crippen molar-refractivity contribution < 1.29 is 4.79 Å². The summed E-state index contributed by atoms with van der Waals surface area (Å²) in [5.41, 5.74) is 4.19. The maximum atomic E-state index is 14.1. The van der Waals surface area contributed by atoms with Crippen molar-refractivity contribution in [1.29, 1.82) is 0 Å². The van der Waals surface area contributed by atoms with Crippen LogP contribution in [0.15, 0.2) is 103 Å². The van der Waals surface area contributed by atoms with E-state index in [0.29, 0.717) is 6.54 Å². The topological polar surface area (TPSA) is 38.1 Å². The van der Waals surface area contributed by atoms with Crippen LogP contribution in [-0.4, -0.2) is 22.2 Å². The van der Waals surface area contributed by atoms with Crippen LogP contribution in [0, 0.1) is 0 Å². The van der Waals surface area contributed by atoms with Gasteiger partial charge in [0.2, 0.25) is 5.91 Å². The third-order valence-electron chi connectivity index (χ3n) is 5.81. The van der Waals surface area contributed by atoms with E-state index in [9.17, 15) is 4.79 Å². The zero-order valence-corrected chi connectivity index (χ0v) is 16.6. The minimum absolute atomic E-state index is 0.0942. The van der Waals surface area contributed by atoms with Crippen LogP contribution in [0.1, 0.15) is 28.7 Å². The summed E-state index contributed by atoms with van der Waals surface area (Å²) >= 11 is 0. The predicted octanol–water partition coefficient (Wildman–Crippen LogP) is 4.85. The lowest BCUT2D eigenvalue weighted by Crippen LogP contribution is -2.43. The molecule has 1 amide bonds. The van der Waals surface area contributed by atoms with Crippen LogP contribution < -0.4 is 4.90 Å². The molecule has 30 heavy (non-hydrogen) atoms. The molecule has 0 N–H and O–H groups in total. The fourth-order valence-electron chi connectivity index (χ4n) is 4.38. The first-order valence-corrected chi connectivity index (χ1v) is 10.3. The molecule has 3 aromatic carbocycles. The van der Waals surface area contributed by atoms with E-state index in [-0.39, 0.29) is 17.9 Å². The highest BCUT2D eigenvalue weighted by molar-refractivity contribution is 6.01. The number of carbonyl (C=O) groups excluding carboxylic acids is 1. The van der Waals surface area contributed by atoms with Gasteiger partial charge in [-0.05, 0) is 35.2 Å². The Kier molecular flexibility index (Phi) is 4.89. The molecule has 1 aliphatic rings. The summed E-state index contributed by atoms with van der Waals surface area (Å²) in [4.78, 5) is 16.0. The number of aromatic nitrogens is 2. The average Bonchev–Trinajstić information content (AvgIpc) is 3.35. The second-order valence-electron chi connectivity index (χ2n) is 7.68. The summed E-state index contributed by atoms with van der Waals surface area (Å²) < 4.78 is 1.97. The average molecular weight is 393 g/mol. The van der Waals surface area contributed by atoms with Gasteiger partial charge in [-0.15, -0.1) is 0 Å². The van der Waals surface area contributed by atoms with Gasteiger partial charge in [-0.25, -0.2) is 0 Å². The van der Waals surface area contributed by atoms with Crippen LogP contribution in [0.2, 0.25) is 0 Å². The number of benzene rings is 3. The lowest BCUT2D eigenvalue weighted by molar-refractivity contribution is -0.119. The van der Waals surface area contributed by atoms with E-state index in [4.69, 9.17) is 0 Å². The highest BCUT2D eigenvalue weighted by atomic mass is 16.2. The van der Waals surface area contributed by atoms with E-state index >= 15 is 0 Å². The Morgan fingerprint density at radius 3 is 2.10 bits per heavy atom. The SMILES string of the molecule is O=C(C(c1ccccc1)c1ccccc1)N1C[C@@H](n2cccn2)Cc2ccccc21. The number of nitrogens with zero attached hydrogens (tertiary/aromatic N) is 3. The van der Waals surface area contributed by atoms with Gasteiger partial charge in [0.1, 0.15) is 0 Å². The van der Waals surface area contributed by atoms with Crippen molar-refractivity contribution in [1.82, 2.24) is 9.78 Å². The molecule has 1 atom stereocenters. The largest absolute Gasteiger partial charge is 0.309 e. The maximum Gasteiger partial charge on any atom is 0.239 e. The van der Waals surface area contributed by atoms with Gasteiger partial charge in [0.25, 0.3) is 0 Å². The number of rotatable bonds is 4. The van der Waals surface area contributed by atoms with Crippen molar-refractivity contribution in [2.75, 3.05) is 11.4 Å². The number of anilines is 1. The molecule has 0 saturated heterocycles.